The van der Waals surface area contributed by atoms with Crippen LogP contribution in [0.1, 0.15) is 10.6 Å². The molecule has 1 aromatic carbocycles. The lowest BCUT2D eigenvalue weighted by atomic mass is 10.1. The first-order valence-electron chi connectivity index (χ1n) is 7.61. The van der Waals surface area contributed by atoms with Crippen LogP contribution >= 0.6 is 11.3 Å². The van der Waals surface area contributed by atoms with Gasteiger partial charge in [0.1, 0.15) is 16.8 Å². The summed E-state index contributed by atoms with van der Waals surface area (Å²) in [5.41, 5.74) is 1.87. The molecule has 0 saturated carbocycles. The topological polar surface area (TPSA) is 77.5 Å². The number of nitriles is 1. The summed E-state index contributed by atoms with van der Waals surface area (Å²) in [4.78, 5) is 4.49. The van der Waals surface area contributed by atoms with Gasteiger partial charge in [-0.15, -0.1) is 11.3 Å². The first kappa shape index (κ1) is 17.6. The number of hydrogen-bond acceptors (Lipinski definition) is 7. The maximum Gasteiger partial charge on any atom is 0.203 e. The van der Waals surface area contributed by atoms with Crippen LogP contribution in [0.2, 0.25) is 0 Å². The minimum atomic E-state index is 0.432. The first-order valence-corrected chi connectivity index (χ1v) is 8.49. The van der Waals surface area contributed by atoms with Crippen molar-refractivity contribution in [2.75, 3.05) is 21.3 Å². The van der Waals surface area contributed by atoms with E-state index in [4.69, 9.17) is 18.6 Å². The Labute approximate surface area is 154 Å². The van der Waals surface area contributed by atoms with Gasteiger partial charge in [0.15, 0.2) is 17.3 Å². The lowest BCUT2D eigenvalue weighted by Gasteiger charge is -2.13. The molecule has 0 bridgehead atoms. The SMILES string of the molecule is COc1cc(C=C(C#N)c2nc(-c3ccco3)cs2)cc(OC)c1OC. The van der Waals surface area contributed by atoms with E-state index in [2.05, 4.69) is 11.1 Å². The number of methoxy groups -OCH3 is 3. The summed E-state index contributed by atoms with van der Waals surface area (Å²) >= 11 is 1.38. The summed E-state index contributed by atoms with van der Waals surface area (Å²) < 4.78 is 21.4. The fraction of sp³-hybridized carbons (Fsp3) is 0.158. The zero-order valence-electron chi connectivity index (χ0n) is 14.5. The molecular formula is C19H16N2O4S. The van der Waals surface area contributed by atoms with Crippen LogP contribution in [-0.2, 0) is 0 Å². The third kappa shape index (κ3) is 3.41. The average molecular weight is 368 g/mol. The second kappa shape index (κ2) is 7.76. The van der Waals surface area contributed by atoms with Crippen LogP contribution in [0.4, 0.5) is 0 Å². The molecule has 0 N–H and O–H groups in total. The van der Waals surface area contributed by atoms with Crippen molar-refractivity contribution in [3.8, 4) is 34.8 Å². The lowest BCUT2D eigenvalue weighted by Crippen LogP contribution is -1.95. The van der Waals surface area contributed by atoms with Crippen molar-refractivity contribution in [3.63, 3.8) is 0 Å². The third-order valence-electron chi connectivity index (χ3n) is 3.63. The molecule has 0 unspecified atom stereocenters. The number of furan rings is 1. The Balaban J connectivity index is 2.01. The van der Waals surface area contributed by atoms with Crippen LogP contribution in [-0.4, -0.2) is 26.3 Å². The monoisotopic (exact) mass is 368 g/mol. The molecule has 0 aliphatic rings. The number of aromatic nitrogens is 1. The van der Waals surface area contributed by atoms with E-state index in [1.54, 1.807) is 51.9 Å². The Bertz CT molecular complexity index is 943. The molecule has 2 heterocycles. The van der Waals surface area contributed by atoms with Crippen LogP contribution in [0, 0.1) is 11.3 Å². The van der Waals surface area contributed by atoms with Crippen LogP contribution in [0.15, 0.2) is 40.3 Å². The van der Waals surface area contributed by atoms with Gasteiger partial charge in [0, 0.05) is 5.38 Å². The Morgan fingerprint density at radius 1 is 1.19 bits per heavy atom. The molecule has 26 heavy (non-hydrogen) atoms. The lowest BCUT2D eigenvalue weighted by molar-refractivity contribution is 0.324. The minimum Gasteiger partial charge on any atom is -0.493 e. The standard InChI is InChI=1S/C19H16N2O4S/c1-22-16-8-12(9-17(23-2)18(16)24-3)7-13(10-20)19-21-14(11-26-19)15-5-4-6-25-15/h4-9,11H,1-3H3. The predicted molar refractivity (Wildman–Crippen MR) is 99.4 cm³/mol. The van der Waals surface area contributed by atoms with E-state index in [1.807, 2.05) is 11.4 Å². The normalized spacial score (nSPS) is 11.1. The first-order chi connectivity index (χ1) is 12.7. The molecule has 132 valence electrons. The molecule has 3 rings (SSSR count). The van der Waals surface area contributed by atoms with Crippen LogP contribution in [0.25, 0.3) is 23.1 Å². The van der Waals surface area contributed by atoms with Crippen molar-refractivity contribution in [1.82, 2.24) is 4.98 Å². The van der Waals surface area contributed by atoms with Crippen molar-refractivity contribution in [2.24, 2.45) is 0 Å². The van der Waals surface area contributed by atoms with Gasteiger partial charge in [0.05, 0.1) is 33.2 Å². The number of thiazole rings is 1. The summed E-state index contributed by atoms with van der Waals surface area (Å²) in [7, 11) is 4.64. The van der Waals surface area contributed by atoms with E-state index in [0.717, 1.165) is 5.56 Å². The van der Waals surface area contributed by atoms with Gasteiger partial charge in [-0.05, 0) is 35.9 Å². The van der Waals surface area contributed by atoms with Gasteiger partial charge in [0.25, 0.3) is 0 Å². The Morgan fingerprint density at radius 3 is 2.46 bits per heavy atom. The number of benzene rings is 1. The zero-order valence-corrected chi connectivity index (χ0v) is 15.3. The number of allylic oxidation sites excluding steroid dienone is 1. The van der Waals surface area contributed by atoms with Gasteiger partial charge in [-0.25, -0.2) is 4.98 Å². The van der Waals surface area contributed by atoms with Gasteiger partial charge in [0.2, 0.25) is 5.75 Å². The molecule has 0 atom stereocenters. The fourth-order valence-electron chi connectivity index (χ4n) is 2.43. The molecular weight excluding hydrogens is 352 g/mol. The molecule has 0 amide bonds. The minimum absolute atomic E-state index is 0.432. The summed E-state index contributed by atoms with van der Waals surface area (Å²) in [6.07, 6.45) is 3.32. The molecule has 3 aromatic rings. The third-order valence-corrected chi connectivity index (χ3v) is 4.50. The summed E-state index contributed by atoms with van der Waals surface area (Å²) in [5, 5.41) is 12.0. The van der Waals surface area contributed by atoms with Gasteiger partial charge < -0.3 is 18.6 Å². The van der Waals surface area contributed by atoms with E-state index in [9.17, 15) is 5.26 Å². The molecule has 6 nitrogen and oxygen atoms in total. The number of nitrogens with zero attached hydrogens (tertiary/aromatic N) is 2. The molecule has 0 saturated heterocycles. The summed E-state index contributed by atoms with van der Waals surface area (Å²) in [5.74, 6) is 2.20. The van der Waals surface area contributed by atoms with Crippen molar-refractivity contribution < 1.29 is 18.6 Å². The quantitative estimate of drug-likeness (QED) is 0.597. The van der Waals surface area contributed by atoms with Crippen LogP contribution < -0.4 is 14.2 Å². The summed E-state index contributed by atoms with van der Waals surface area (Å²) in [6.45, 7) is 0. The van der Waals surface area contributed by atoms with E-state index in [0.29, 0.717) is 39.3 Å². The number of rotatable bonds is 6. The van der Waals surface area contributed by atoms with E-state index in [1.165, 1.54) is 11.3 Å². The average Bonchev–Trinajstić information content (AvgIpc) is 3.36. The predicted octanol–water partition coefficient (Wildman–Crippen LogP) is 4.49. The van der Waals surface area contributed by atoms with E-state index in [-0.39, 0.29) is 0 Å². The second-order valence-corrected chi connectivity index (χ2v) is 6.00. The van der Waals surface area contributed by atoms with Crippen LogP contribution in [0.5, 0.6) is 17.2 Å². The summed E-state index contributed by atoms with van der Waals surface area (Å²) in [6, 6.07) is 9.37. The highest BCUT2D eigenvalue weighted by Crippen LogP contribution is 2.39. The molecule has 0 aliphatic heterocycles. The maximum absolute atomic E-state index is 9.57. The zero-order chi connectivity index (χ0) is 18.5. The Hall–Kier alpha value is -3.24. The Kier molecular flexibility index (Phi) is 5.25. The molecule has 0 fully saturated rings. The molecule has 2 aromatic heterocycles. The highest BCUT2D eigenvalue weighted by Gasteiger charge is 2.14. The van der Waals surface area contributed by atoms with Gasteiger partial charge in [-0.3, -0.25) is 0 Å². The van der Waals surface area contributed by atoms with Gasteiger partial charge in [-0.1, -0.05) is 0 Å². The fourth-order valence-corrected chi connectivity index (χ4v) is 3.20. The maximum atomic E-state index is 9.57. The van der Waals surface area contributed by atoms with Crippen molar-refractivity contribution in [3.05, 3.63) is 46.5 Å². The highest BCUT2D eigenvalue weighted by molar-refractivity contribution is 7.11. The van der Waals surface area contributed by atoms with Crippen molar-refractivity contribution in [2.45, 2.75) is 0 Å². The van der Waals surface area contributed by atoms with Gasteiger partial charge in [-0.2, -0.15) is 5.26 Å². The highest BCUT2D eigenvalue weighted by atomic mass is 32.1. The van der Waals surface area contributed by atoms with E-state index >= 15 is 0 Å². The smallest absolute Gasteiger partial charge is 0.203 e. The molecule has 0 radical (unpaired) electrons. The Morgan fingerprint density at radius 2 is 1.92 bits per heavy atom. The van der Waals surface area contributed by atoms with Crippen molar-refractivity contribution >= 4 is 23.0 Å². The largest absolute Gasteiger partial charge is 0.493 e. The number of hydrogen-bond donors (Lipinski definition) is 0. The number of ether oxygens (including phenoxy) is 3. The molecule has 7 heteroatoms. The van der Waals surface area contributed by atoms with Crippen LogP contribution in [0.3, 0.4) is 0 Å². The molecule has 0 aliphatic carbocycles. The van der Waals surface area contributed by atoms with Gasteiger partial charge >= 0.3 is 0 Å². The van der Waals surface area contributed by atoms with Crippen molar-refractivity contribution in [1.29, 1.82) is 5.26 Å². The molecule has 0 spiro atoms. The van der Waals surface area contributed by atoms with E-state index < -0.39 is 0 Å². The second-order valence-electron chi connectivity index (χ2n) is 5.14.